The molecule has 0 aliphatic heterocycles. The van der Waals surface area contributed by atoms with Crippen molar-refractivity contribution in [2.24, 2.45) is 4.99 Å². The van der Waals surface area contributed by atoms with Gasteiger partial charge in [-0.1, -0.05) is 6.07 Å². The number of hydrogen-bond donors (Lipinski definition) is 1. The predicted molar refractivity (Wildman–Crippen MR) is 75.3 cm³/mol. The minimum absolute atomic E-state index is 0.00845. The molecule has 1 fully saturated rings. The van der Waals surface area contributed by atoms with Crippen LogP contribution in [0.3, 0.4) is 0 Å². The Morgan fingerprint density at radius 2 is 2.10 bits per heavy atom. The molecule has 1 aliphatic carbocycles. The smallest absolute Gasteiger partial charge is 0.412 e. The molecule has 112 valence electrons. The zero-order valence-electron chi connectivity index (χ0n) is 12.2. The highest BCUT2D eigenvalue weighted by Crippen LogP contribution is 2.49. The lowest BCUT2D eigenvalue weighted by atomic mass is 10.0. The van der Waals surface area contributed by atoms with Crippen LogP contribution in [0, 0.1) is 5.82 Å². The number of isocyanates is 1. The minimum Gasteiger partial charge on any atom is -0.444 e. The molecule has 5 nitrogen and oxygen atoms in total. The number of carbonyl (C=O) groups excluding carboxylic acids is 2. The SMILES string of the molecule is CC(C)(C)OC(=O)Nc1cc(C2(N=C=O)CC2)ccc1F. The number of rotatable bonds is 3. The van der Waals surface area contributed by atoms with Crippen molar-refractivity contribution < 1.29 is 18.7 Å². The van der Waals surface area contributed by atoms with Gasteiger partial charge in [0, 0.05) is 0 Å². The molecule has 0 bridgehead atoms. The first kappa shape index (κ1) is 15.2. The summed E-state index contributed by atoms with van der Waals surface area (Å²) in [6.45, 7) is 5.16. The summed E-state index contributed by atoms with van der Waals surface area (Å²) in [5.41, 5.74) is -0.593. The molecular weight excluding hydrogens is 275 g/mol. The van der Waals surface area contributed by atoms with Crippen molar-refractivity contribution in [1.82, 2.24) is 0 Å². The van der Waals surface area contributed by atoms with Crippen LogP contribution in [0.4, 0.5) is 14.9 Å². The average Bonchev–Trinajstić information content (AvgIpc) is 3.11. The number of aliphatic imine (C=N–C) groups is 1. The van der Waals surface area contributed by atoms with E-state index in [0.29, 0.717) is 18.4 Å². The molecule has 0 atom stereocenters. The standard InChI is InChI=1S/C15H17FN2O3/c1-14(2,3)21-13(20)18-12-8-10(4-5-11(12)16)15(6-7-15)17-9-19/h4-5,8H,6-7H2,1-3H3,(H,18,20). The molecule has 0 aromatic heterocycles. The van der Waals surface area contributed by atoms with E-state index in [2.05, 4.69) is 10.3 Å². The van der Waals surface area contributed by atoms with Gasteiger partial charge in [0.15, 0.2) is 0 Å². The molecule has 21 heavy (non-hydrogen) atoms. The van der Waals surface area contributed by atoms with Crippen molar-refractivity contribution in [2.75, 3.05) is 5.32 Å². The highest BCUT2D eigenvalue weighted by atomic mass is 19.1. The van der Waals surface area contributed by atoms with Crippen molar-refractivity contribution in [1.29, 1.82) is 0 Å². The van der Waals surface area contributed by atoms with E-state index >= 15 is 0 Å². The van der Waals surface area contributed by atoms with Crippen LogP contribution in [0.5, 0.6) is 0 Å². The van der Waals surface area contributed by atoms with Crippen LogP contribution < -0.4 is 5.32 Å². The maximum Gasteiger partial charge on any atom is 0.412 e. The maximum absolute atomic E-state index is 13.8. The van der Waals surface area contributed by atoms with Crippen molar-refractivity contribution >= 4 is 17.9 Å². The minimum atomic E-state index is -0.734. The number of nitrogens with one attached hydrogen (secondary N) is 1. The van der Waals surface area contributed by atoms with Gasteiger partial charge >= 0.3 is 6.09 Å². The third kappa shape index (κ3) is 3.67. The van der Waals surface area contributed by atoms with E-state index in [4.69, 9.17) is 4.74 Å². The first-order valence-electron chi connectivity index (χ1n) is 6.65. The lowest BCUT2D eigenvalue weighted by Gasteiger charge is -2.20. The van der Waals surface area contributed by atoms with E-state index in [0.717, 1.165) is 0 Å². The third-order valence-corrected chi connectivity index (χ3v) is 3.12. The summed E-state index contributed by atoms with van der Waals surface area (Å²) in [6, 6.07) is 4.28. The number of hydrogen-bond acceptors (Lipinski definition) is 4. The number of benzene rings is 1. The average molecular weight is 292 g/mol. The number of ether oxygens (including phenoxy) is 1. The molecule has 2 rings (SSSR count). The topological polar surface area (TPSA) is 67.8 Å². The Balaban J connectivity index is 2.21. The van der Waals surface area contributed by atoms with Crippen LogP contribution >= 0.6 is 0 Å². The van der Waals surface area contributed by atoms with Crippen LogP contribution in [-0.2, 0) is 15.1 Å². The largest absolute Gasteiger partial charge is 0.444 e. The highest BCUT2D eigenvalue weighted by Gasteiger charge is 2.45. The number of amides is 1. The zero-order valence-corrected chi connectivity index (χ0v) is 12.2. The molecule has 1 aliphatic rings. The van der Waals surface area contributed by atoms with Crippen molar-refractivity contribution in [3.63, 3.8) is 0 Å². The molecule has 1 N–H and O–H groups in total. The van der Waals surface area contributed by atoms with Crippen LogP contribution in [0.1, 0.15) is 39.2 Å². The molecule has 1 amide bonds. The van der Waals surface area contributed by atoms with Crippen LogP contribution in [0.25, 0.3) is 0 Å². The lowest BCUT2D eigenvalue weighted by molar-refractivity contribution is 0.0635. The number of anilines is 1. The van der Waals surface area contributed by atoms with E-state index in [-0.39, 0.29) is 5.69 Å². The van der Waals surface area contributed by atoms with Gasteiger partial charge in [-0.25, -0.2) is 14.0 Å². The first-order chi connectivity index (χ1) is 9.76. The second-order valence-electron chi connectivity index (χ2n) is 6.06. The van der Waals surface area contributed by atoms with Crippen LogP contribution in [-0.4, -0.2) is 17.8 Å². The van der Waals surface area contributed by atoms with Gasteiger partial charge in [-0.3, -0.25) is 5.32 Å². The van der Waals surface area contributed by atoms with Gasteiger partial charge in [0.05, 0.1) is 11.2 Å². The van der Waals surface area contributed by atoms with Crippen molar-refractivity contribution in [3.05, 3.63) is 29.6 Å². The molecular formula is C15H17FN2O3. The third-order valence-electron chi connectivity index (χ3n) is 3.12. The molecule has 6 heteroatoms. The van der Waals surface area contributed by atoms with Crippen molar-refractivity contribution in [2.45, 2.75) is 44.8 Å². The fourth-order valence-corrected chi connectivity index (χ4v) is 1.99. The Morgan fingerprint density at radius 1 is 1.43 bits per heavy atom. The molecule has 1 aromatic carbocycles. The second kappa shape index (κ2) is 5.30. The fraction of sp³-hybridized carbons (Fsp3) is 0.467. The first-order valence-corrected chi connectivity index (χ1v) is 6.65. The van der Waals surface area contributed by atoms with Crippen LogP contribution in [0.2, 0.25) is 0 Å². The summed E-state index contributed by atoms with van der Waals surface area (Å²) < 4.78 is 18.9. The zero-order chi connectivity index (χ0) is 15.7. The summed E-state index contributed by atoms with van der Waals surface area (Å²) in [5.74, 6) is -0.574. The van der Waals surface area contributed by atoms with Crippen LogP contribution in [0.15, 0.2) is 23.2 Å². The van der Waals surface area contributed by atoms with Gasteiger partial charge in [0.25, 0.3) is 0 Å². The molecule has 0 spiro atoms. The number of halogens is 1. The molecule has 0 heterocycles. The Hall–Kier alpha value is -2.20. The summed E-state index contributed by atoms with van der Waals surface area (Å²) in [7, 11) is 0. The number of carbonyl (C=O) groups is 1. The monoisotopic (exact) mass is 292 g/mol. The molecule has 0 unspecified atom stereocenters. The molecule has 1 aromatic rings. The second-order valence-corrected chi connectivity index (χ2v) is 6.06. The van der Waals surface area contributed by atoms with E-state index in [1.54, 1.807) is 32.9 Å². The van der Waals surface area contributed by atoms with Gasteiger partial charge in [0.2, 0.25) is 6.08 Å². The summed E-state index contributed by atoms with van der Waals surface area (Å²) in [4.78, 5) is 25.9. The fourth-order valence-electron chi connectivity index (χ4n) is 1.99. The van der Waals surface area contributed by atoms with E-state index in [9.17, 15) is 14.0 Å². The van der Waals surface area contributed by atoms with E-state index in [1.165, 1.54) is 12.1 Å². The van der Waals surface area contributed by atoms with Gasteiger partial charge < -0.3 is 4.74 Å². The Labute approximate surface area is 122 Å². The van der Waals surface area contributed by atoms with Gasteiger partial charge in [-0.2, -0.15) is 4.99 Å². The highest BCUT2D eigenvalue weighted by molar-refractivity contribution is 5.85. The predicted octanol–water partition coefficient (Wildman–Crippen LogP) is 3.50. The van der Waals surface area contributed by atoms with Gasteiger partial charge in [0.1, 0.15) is 11.4 Å². The van der Waals surface area contributed by atoms with Crippen molar-refractivity contribution in [3.8, 4) is 0 Å². The van der Waals surface area contributed by atoms with E-state index in [1.807, 2.05) is 0 Å². The summed E-state index contributed by atoms with van der Waals surface area (Å²) in [5, 5.41) is 2.37. The Bertz CT molecular complexity index is 612. The number of nitrogens with zero attached hydrogens (tertiary/aromatic N) is 1. The van der Waals surface area contributed by atoms with E-state index < -0.39 is 23.1 Å². The molecule has 1 saturated carbocycles. The van der Waals surface area contributed by atoms with Gasteiger partial charge in [-0.05, 0) is 51.3 Å². The lowest BCUT2D eigenvalue weighted by Crippen LogP contribution is -2.27. The Kier molecular flexibility index (Phi) is 3.83. The summed E-state index contributed by atoms with van der Waals surface area (Å²) in [6.07, 6.45) is 2.23. The Morgan fingerprint density at radius 3 is 2.62 bits per heavy atom. The maximum atomic E-state index is 13.8. The normalized spacial score (nSPS) is 15.8. The molecule has 0 saturated heterocycles. The molecule has 0 radical (unpaired) electrons. The van der Waals surface area contributed by atoms with Gasteiger partial charge in [-0.15, -0.1) is 0 Å². The quantitative estimate of drug-likeness (QED) is 0.685. The summed E-state index contributed by atoms with van der Waals surface area (Å²) >= 11 is 0.